The number of carbonyl (C=O) groups excluding carboxylic acids is 2. The number of nitrogens with zero attached hydrogens (tertiary/aromatic N) is 4. The minimum absolute atomic E-state index is 0.166. The molecule has 1 N–H and O–H groups in total. The van der Waals surface area contributed by atoms with Crippen molar-refractivity contribution in [3.63, 3.8) is 0 Å². The zero-order chi connectivity index (χ0) is 18.5. The highest BCUT2D eigenvalue weighted by molar-refractivity contribution is 6.01. The van der Waals surface area contributed by atoms with Gasteiger partial charge >= 0.3 is 0 Å². The molecular formula is C19H21N5O2. The Labute approximate surface area is 152 Å². The molecule has 1 aliphatic heterocycles. The van der Waals surface area contributed by atoms with Crippen LogP contribution in [0.3, 0.4) is 0 Å². The van der Waals surface area contributed by atoms with Crippen molar-refractivity contribution in [1.82, 2.24) is 9.88 Å². The minimum atomic E-state index is -0.166. The average molecular weight is 351 g/mol. The van der Waals surface area contributed by atoms with Crippen LogP contribution in [0.15, 0.2) is 0 Å². The van der Waals surface area contributed by atoms with E-state index in [2.05, 4.69) is 22.4 Å². The summed E-state index contributed by atoms with van der Waals surface area (Å²) in [6.07, 6.45) is 6.39. The number of amides is 2. The van der Waals surface area contributed by atoms with Gasteiger partial charge in [0.1, 0.15) is 23.5 Å². The van der Waals surface area contributed by atoms with Crippen LogP contribution in [0.1, 0.15) is 60.9 Å². The Bertz CT molecular complexity index is 803. The lowest BCUT2D eigenvalue weighted by molar-refractivity contribution is -0.138. The summed E-state index contributed by atoms with van der Waals surface area (Å²) in [6.45, 7) is 0.548. The monoisotopic (exact) mass is 351 g/mol. The molecule has 1 aromatic heterocycles. The Hall–Kier alpha value is -2.93. The first-order valence-corrected chi connectivity index (χ1v) is 9.08. The zero-order valence-corrected chi connectivity index (χ0v) is 14.7. The molecule has 1 aromatic rings. The minimum Gasteiger partial charge on any atom is -0.367 e. The molecule has 134 valence electrons. The third-order valence-corrected chi connectivity index (χ3v) is 4.98. The maximum Gasteiger partial charge on any atom is 0.229 e. The van der Waals surface area contributed by atoms with Gasteiger partial charge in [0, 0.05) is 31.6 Å². The number of hydrogen-bond acceptors (Lipinski definition) is 6. The SMILES string of the molecule is N#Cc1c(NCCN2C(=O)CCC2=O)nc2c(c1C#N)CCCCCC2. The molecule has 0 radical (unpaired) electrons. The van der Waals surface area contributed by atoms with Gasteiger partial charge in [-0.3, -0.25) is 14.5 Å². The highest BCUT2D eigenvalue weighted by Gasteiger charge is 2.28. The molecule has 0 bridgehead atoms. The maximum atomic E-state index is 11.7. The van der Waals surface area contributed by atoms with Crippen LogP contribution in [0.25, 0.3) is 0 Å². The van der Waals surface area contributed by atoms with Gasteiger partial charge in [-0.1, -0.05) is 12.8 Å². The number of likely N-dealkylation sites (tertiary alicyclic amines) is 1. The molecule has 3 rings (SSSR count). The van der Waals surface area contributed by atoms with Gasteiger partial charge in [-0.15, -0.1) is 0 Å². The lowest BCUT2D eigenvalue weighted by atomic mass is 9.92. The van der Waals surface area contributed by atoms with Crippen LogP contribution in [0, 0.1) is 22.7 Å². The third-order valence-electron chi connectivity index (χ3n) is 4.98. The van der Waals surface area contributed by atoms with E-state index in [-0.39, 0.29) is 36.8 Å². The number of nitriles is 2. The molecule has 1 fully saturated rings. The summed E-state index contributed by atoms with van der Waals surface area (Å²) < 4.78 is 0. The van der Waals surface area contributed by atoms with Gasteiger partial charge < -0.3 is 5.32 Å². The first-order valence-electron chi connectivity index (χ1n) is 9.08. The first-order chi connectivity index (χ1) is 12.7. The fourth-order valence-corrected chi connectivity index (χ4v) is 3.61. The van der Waals surface area contributed by atoms with E-state index in [0.717, 1.165) is 49.8 Å². The van der Waals surface area contributed by atoms with Crippen LogP contribution in [0.4, 0.5) is 5.82 Å². The molecule has 1 aliphatic carbocycles. The lowest BCUT2D eigenvalue weighted by Crippen LogP contribution is -2.33. The Balaban J connectivity index is 1.83. The molecule has 0 unspecified atom stereocenters. The van der Waals surface area contributed by atoms with Crippen LogP contribution >= 0.6 is 0 Å². The number of hydrogen-bond donors (Lipinski definition) is 1. The predicted octanol–water partition coefficient (Wildman–Crippen LogP) is 2.04. The number of fused-ring (bicyclic) bond motifs is 1. The van der Waals surface area contributed by atoms with Crippen LogP contribution < -0.4 is 5.32 Å². The van der Waals surface area contributed by atoms with E-state index in [0.29, 0.717) is 17.9 Å². The Morgan fingerprint density at radius 3 is 2.23 bits per heavy atom. The van der Waals surface area contributed by atoms with Crippen molar-refractivity contribution < 1.29 is 9.59 Å². The molecule has 26 heavy (non-hydrogen) atoms. The van der Waals surface area contributed by atoms with Gasteiger partial charge in [0.25, 0.3) is 0 Å². The van der Waals surface area contributed by atoms with E-state index in [9.17, 15) is 20.1 Å². The lowest BCUT2D eigenvalue weighted by Gasteiger charge is -2.19. The van der Waals surface area contributed by atoms with Crippen LogP contribution in [0.5, 0.6) is 0 Å². The first kappa shape index (κ1) is 17.9. The van der Waals surface area contributed by atoms with Crippen molar-refractivity contribution in [1.29, 1.82) is 10.5 Å². The summed E-state index contributed by atoms with van der Waals surface area (Å²) in [4.78, 5) is 29.2. The molecule has 1 saturated heterocycles. The molecule has 0 aromatic carbocycles. The van der Waals surface area contributed by atoms with Crippen molar-refractivity contribution in [2.24, 2.45) is 0 Å². The summed E-state index contributed by atoms with van der Waals surface area (Å²) >= 11 is 0. The fourth-order valence-electron chi connectivity index (χ4n) is 3.61. The summed E-state index contributed by atoms with van der Waals surface area (Å²) in [5.41, 5.74) is 2.45. The Kier molecular flexibility index (Phi) is 5.48. The molecule has 7 heteroatoms. The third kappa shape index (κ3) is 3.52. The Morgan fingerprint density at radius 2 is 1.58 bits per heavy atom. The van der Waals surface area contributed by atoms with E-state index in [4.69, 9.17) is 0 Å². The van der Waals surface area contributed by atoms with Crippen LogP contribution in [-0.2, 0) is 22.4 Å². The van der Waals surface area contributed by atoms with Gasteiger partial charge in [-0.25, -0.2) is 4.98 Å². The van der Waals surface area contributed by atoms with Crippen molar-refractivity contribution >= 4 is 17.6 Å². The number of imide groups is 1. The summed E-state index contributed by atoms with van der Waals surface area (Å²) in [7, 11) is 0. The molecule has 0 atom stereocenters. The van der Waals surface area contributed by atoms with Gasteiger partial charge in [0.15, 0.2) is 0 Å². The molecular weight excluding hydrogens is 330 g/mol. The summed E-state index contributed by atoms with van der Waals surface area (Å²) in [5, 5.41) is 22.2. The van der Waals surface area contributed by atoms with E-state index in [1.165, 1.54) is 4.90 Å². The van der Waals surface area contributed by atoms with Gasteiger partial charge in [-0.2, -0.15) is 10.5 Å². The van der Waals surface area contributed by atoms with Crippen molar-refractivity contribution in [3.8, 4) is 12.1 Å². The fraction of sp³-hybridized carbons (Fsp3) is 0.526. The Morgan fingerprint density at radius 1 is 0.923 bits per heavy atom. The zero-order valence-electron chi connectivity index (χ0n) is 14.7. The molecule has 2 aliphatic rings. The molecule has 0 spiro atoms. The summed E-state index contributed by atoms with van der Waals surface area (Å²) in [5.74, 6) is 0.0461. The van der Waals surface area contributed by atoms with Crippen molar-refractivity contribution in [3.05, 3.63) is 22.4 Å². The second-order valence-corrected chi connectivity index (χ2v) is 6.64. The topological polar surface area (TPSA) is 110 Å². The molecule has 2 amide bonds. The van der Waals surface area contributed by atoms with Crippen molar-refractivity contribution in [2.75, 3.05) is 18.4 Å². The molecule has 7 nitrogen and oxygen atoms in total. The normalized spacial score (nSPS) is 17.1. The van der Waals surface area contributed by atoms with E-state index >= 15 is 0 Å². The number of anilines is 1. The average Bonchev–Trinajstić information content (AvgIpc) is 2.93. The predicted molar refractivity (Wildman–Crippen MR) is 94.0 cm³/mol. The number of aryl methyl sites for hydroxylation is 1. The van der Waals surface area contributed by atoms with Crippen LogP contribution in [0.2, 0.25) is 0 Å². The molecule has 0 saturated carbocycles. The number of rotatable bonds is 4. The van der Waals surface area contributed by atoms with E-state index in [1.807, 2.05) is 0 Å². The highest BCUT2D eigenvalue weighted by atomic mass is 16.2. The highest BCUT2D eigenvalue weighted by Crippen LogP contribution is 2.28. The second-order valence-electron chi connectivity index (χ2n) is 6.64. The van der Waals surface area contributed by atoms with Gasteiger partial charge in [0.2, 0.25) is 11.8 Å². The molecule has 2 heterocycles. The number of nitrogens with one attached hydrogen (secondary N) is 1. The quantitative estimate of drug-likeness (QED) is 0.831. The largest absolute Gasteiger partial charge is 0.367 e. The van der Waals surface area contributed by atoms with Crippen LogP contribution in [-0.4, -0.2) is 34.8 Å². The number of carbonyl (C=O) groups is 2. The maximum absolute atomic E-state index is 11.7. The number of pyridine rings is 1. The second kappa shape index (κ2) is 7.97. The van der Waals surface area contributed by atoms with E-state index < -0.39 is 0 Å². The standard InChI is InChI=1S/C19H21N5O2/c20-11-14-13-5-3-1-2-4-6-16(13)23-19(15(14)12-21)22-9-10-24-17(25)7-8-18(24)26/h1-10H2,(H,22,23). The van der Waals surface area contributed by atoms with Crippen molar-refractivity contribution in [2.45, 2.75) is 51.4 Å². The number of aromatic nitrogens is 1. The van der Waals surface area contributed by atoms with Gasteiger partial charge in [0.05, 0.1) is 5.56 Å². The van der Waals surface area contributed by atoms with Gasteiger partial charge in [-0.05, 0) is 31.2 Å². The summed E-state index contributed by atoms with van der Waals surface area (Å²) in [6, 6.07) is 4.29. The van der Waals surface area contributed by atoms with E-state index in [1.54, 1.807) is 0 Å². The smallest absolute Gasteiger partial charge is 0.229 e.